The number of fused-ring (bicyclic) bond motifs is 1. The van der Waals surface area contributed by atoms with Crippen molar-refractivity contribution in [2.75, 3.05) is 24.2 Å². The minimum absolute atomic E-state index is 0.00702. The van der Waals surface area contributed by atoms with Gasteiger partial charge >= 0.3 is 0 Å². The summed E-state index contributed by atoms with van der Waals surface area (Å²) in [4.78, 5) is 16.9. The number of benzene rings is 2. The lowest BCUT2D eigenvalue weighted by atomic mass is 10.3. The predicted molar refractivity (Wildman–Crippen MR) is 121 cm³/mol. The summed E-state index contributed by atoms with van der Waals surface area (Å²) in [5.74, 6) is -2.44. The molecule has 172 valence electrons. The number of hydrogen-bond donors (Lipinski definition) is 1. The van der Waals surface area contributed by atoms with E-state index in [0.717, 1.165) is 17.6 Å². The van der Waals surface area contributed by atoms with Crippen LogP contribution in [0.2, 0.25) is 0 Å². The van der Waals surface area contributed by atoms with Crippen LogP contribution in [0.5, 0.6) is 0 Å². The van der Waals surface area contributed by atoms with Gasteiger partial charge in [0, 0.05) is 31.4 Å². The fourth-order valence-corrected chi connectivity index (χ4v) is 5.63. The van der Waals surface area contributed by atoms with Crippen LogP contribution in [-0.4, -0.2) is 47.0 Å². The molecule has 1 N–H and O–H groups in total. The molecule has 0 radical (unpaired) electrons. The van der Waals surface area contributed by atoms with Crippen LogP contribution in [0, 0.1) is 11.6 Å². The van der Waals surface area contributed by atoms with Crippen molar-refractivity contribution >= 4 is 44.4 Å². The molecule has 32 heavy (non-hydrogen) atoms. The molecule has 0 aliphatic rings. The summed E-state index contributed by atoms with van der Waals surface area (Å²) in [6.45, 7) is 6.80. The van der Waals surface area contributed by atoms with Crippen molar-refractivity contribution in [3.05, 3.63) is 48.0 Å². The number of hydrogen-bond acceptors (Lipinski definition) is 5. The standard InChI is InChI=1S/C21H24F2N4O3S2/c1-4-26(5-2)32(29,30)15-8-10-19-18(12-15)25-21(27(19)6-3)31-13-20(28)24-14-7-9-16(22)17(23)11-14/h7-12H,4-6,13H2,1-3H3,(H,24,28). The number of amides is 1. The maximum Gasteiger partial charge on any atom is 0.243 e. The predicted octanol–water partition coefficient (Wildman–Crippen LogP) is 4.10. The first kappa shape index (κ1) is 24.1. The zero-order valence-electron chi connectivity index (χ0n) is 17.9. The first-order chi connectivity index (χ1) is 15.2. The maximum absolute atomic E-state index is 13.3. The second-order valence-electron chi connectivity index (χ2n) is 6.84. The van der Waals surface area contributed by atoms with E-state index in [2.05, 4.69) is 10.3 Å². The molecular weight excluding hydrogens is 458 g/mol. The molecule has 1 amide bonds. The van der Waals surface area contributed by atoms with Gasteiger partial charge in [-0.15, -0.1) is 0 Å². The van der Waals surface area contributed by atoms with E-state index in [4.69, 9.17) is 0 Å². The highest BCUT2D eigenvalue weighted by Gasteiger charge is 2.23. The Morgan fingerprint density at radius 1 is 1.09 bits per heavy atom. The van der Waals surface area contributed by atoms with E-state index in [-0.39, 0.29) is 16.3 Å². The molecule has 0 spiro atoms. The van der Waals surface area contributed by atoms with Gasteiger partial charge in [0.15, 0.2) is 16.8 Å². The third-order valence-corrected chi connectivity index (χ3v) is 7.90. The first-order valence-electron chi connectivity index (χ1n) is 10.1. The molecule has 0 aliphatic carbocycles. The molecule has 3 rings (SSSR count). The molecule has 0 aliphatic heterocycles. The molecule has 7 nitrogen and oxygen atoms in total. The summed E-state index contributed by atoms with van der Waals surface area (Å²) in [6, 6.07) is 7.96. The van der Waals surface area contributed by atoms with E-state index in [1.807, 2.05) is 11.5 Å². The molecule has 0 atom stereocenters. The molecule has 0 saturated heterocycles. The number of nitrogens with one attached hydrogen (secondary N) is 1. The fourth-order valence-electron chi connectivity index (χ4n) is 3.28. The Hall–Kier alpha value is -2.50. The third kappa shape index (κ3) is 4.94. The maximum atomic E-state index is 13.3. The minimum Gasteiger partial charge on any atom is -0.325 e. The summed E-state index contributed by atoms with van der Waals surface area (Å²) in [7, 11) is -3.61. The molecular formula is C21H24F2N4O3S2. The van der Waals surface area contributed by atoms with Gasteiger partial charge in [0.1, 0.15) is 0 Å². The highest BCUT2D eigenvalue weighted by atomic mass is 32.2. The number of nitrogens with zero attached hydrogens (tertiary/aromatic N) is 3. The van der Waals surface area contributed by atoms with Crippen molar-refractivity contribution in [1.29, 1.82) is 0 Å². The molecule has 11 heteroatoms. The van der Waals surface area contributed by atoms with E-state index in [0.29, 0.717) is 30.3 Å². The highest BCUT2D eigenvalue weighted by Crippen LogP contribution is 2.27. The number of anilines is 1. The largest absolute Gasteiger partial charge is 0.325 e. The zero-order valence-corrected chi connectivity index (χ0v) is 19.6. The van der Waals surface area contributed by atoms with E-state index in [9.17, 15) is 22.0 Å². The van der Waals surface area contributed by atoms with Gasteiger partial charge in [0.05, 0.1) is 21.7 Å². The van der Waals surface area contributed by atoms with Gasteiger partial charge in [-0.25, -0.2) is 22.2 Å². The normalized spacial score (nSPS) is 11.9. The average Bonchev–Trinajstić information content (AvgIpc) is 3.12. The van der Waals surface area contributed by atoms with E-state index in [1.54, 1.807) is 32.0 Å². The number of aromatic nitrogens is 2. The summed E-state index contributed by atoms with van der Waals surface area (Å²) in [5.41, 5.74) is 1.43. The van der Waals surface area contributed by atoms with Gasteiger partial charge in [-0.1, -0.05) is 25.6 Å². The molecule has 3 aromatic rings. The lowest BCUT2D eigenvalue weighted by molar-refractivity contribution is -0.113. The number of carbonyl (C=O) groups is 1. The van der Waals surface area contributed by atoms with Crippen LogP contribution >= 0.6 is 11.8 Å². The van der Waals surface area contributed by atoms with Crippen molar-refractivity contribution in [3.63, 3.8) is 0 Å². The van der Waals surface area contributed by atoms with Crippen molar-refractivity contribution in [2.45, 2.75) is 37.4 Å². The highest BCUT2D eigenvalue weighted by molar-refractivity contribution is 7.99. The zero-order chi connectivity index (χ0) is 23.5. The first-order valence-corrected chi connectivity index (χ1v) is 12.5. The summed E-state index contributed by atoms with van der Waals surface area (Å²) in [6.07, 6.45) is 0. The van der Waals surface area contributed by atoms with Crippen LogP contribution in [0.25, 0.3) is 11.0 Å². The van der Waals surface area contributed by atoms with Gasteiger partial charge in [0.2, 0.25) is 15.9 Å². The summed E-state index contributed by atoms with van der Waals surface area (Å²) in [5, 5.41) is 3.07. The fraction of sp³-hybridized carbons (Fsp3) is 0.333. The Bertz CT molecular complexity index is 1240. The number of halogens is 2. The summed E-state index contributed by atoms with van der Waals surface area (Å²) < 4.78 is 55.3. The Balaban J connectivity index is 1.80. The average molecular weight is 483 g/mol. The Morgan fingerprint density at radius 2 is 1.81 bits per heavy atom. The van der Waals surface area contributed by atoms with Gasteiger partial charge in [0.25, 0.3) is 0 Å². The lowest BCUT2D eigenvalue weighted by Crippen LogP contribution is -2.30. The van der Waals surface area contributed by atoms with Crippen molar-refractivity contribution < 1.29 is 22.0 Å². The van der Waals surface area contributed by atoms with Crippen molar-refractivity contribution in [3.8, 4) is 0 Å². The van der Waals surface area contributed by atoms with Crippen LogP contribution in [0.4, 0.5) is 14.5 Å². The SMILES string of the molecule is CCN(CC)S(=O)(=O)c1ccc2c(c1)nc(SCC(=O)Nc1ccc(F)c(F)c1)n2CC. The third-order valence-electron chi connectivity index (χ3n) is 4.88. The van der Waals surface area contributed by atoms with E-state index >= 15 is 0 Å². The van der Waals surface area contributed by atoms with Crippen LogP contribution in [-0.2, 0) is 21.4 Å². The smallest absolute Gasteiger partial charge is 0.243 e. The van der Waals surface area contributed by atoms with Crippen LogP contribution < -0.4 is 5.32 Å². The Kier molecular flexibility index (Phi) is 7.52. The number of imidazole rings is 1. The second kappa shape index (κ2) is 9.97. The second-order valence-corrected chi connectivity index (χ2v) is 9.72. The van der Waals surface area contributed by atoms with E-state index < -0.39 is 27.6 Å². The number of thioether (sulfide) groups is 1. The number of aryl methyl sites for hydroxylation is 1. The molecule has 0 fully saturated rings. The molecule has 0 unspecified atom stereocenters. The summed E-state index contributed by atoms with van der Waals surface area (Å²) >= 11 is 1.17. The quantitative estimate of drug-likeness (QED) is 0.465. The lowest BCUT2D eigenvalue weighted by Gasteiger charge is -2.18. The number of rotatable bonds is 9. The molecule has 1 aromatic heterocycles. The number of sulfonamides is 1. The van der Waals surface area contributed by atoms with Crippen LogP contribution in [0.3, 0.4) is 0 Å². The van der Waals surface area contributed by atoms with Gasteiger partial charge in [-0.3, -0.25) is 4.79 Å². The Labute approximate surface area is 189 Å². The Morgan fingerprint density at radius 3 is 2.44 bits per heavy atom. The minimum atomic E-state index is -3.61. The number of carbonyl (C=O) groups excluding carboxylic acids is 1. The van der Waals surface area contributed by atoms with E-state index in [1.165, 1.54) is 22.1 Å². The molecule has 0 saturated carbocycles. The van der Waals surface area contributed by atoms with Crippen LogP contribution in [0.1, 0.15) is 20.8 Å². The van der Waals surface area contributed by atoms with Gasteiger partial charge in [-0.05, 0) is 37.3 Å². The monoisotopic (exact) mass is 482 g/mol. The van der Waals surface area contributed by atoms with Crippen LogP contribution in [0.15, 0.2) is 46.5 Å². The topological polar surface area (TPSA) is 84.3 Å². The van der Waals surface area contributed by atoms with Crippen molar-refractivity contribution in [1.82, 2.24) is 13.9 Å². The van der Waals surface area contributed by atoms with Gasteiger partial charge in [-0.2, -0.15) is 4.31 Å². The molecule has 1 heterocycles. The molecule has 0 bridgehead atoms. The van der Waals surface area contributed by atoms with Crippen molar-refractivity contribution in [2.24, 2.45) is 0 Å². The molecule has 2 aromatic carbocycles. The van der Waals surface area contributed by atoms with Gasteiger partial charge < -0.3 is 9.88 Å².